The summed E-state index contributed by atoms with van der Waals surface area (Å²) in [6.45, 7) is 10.7. The average Bonchev–Trinajstić information content (AvgIpc) is 2.65. The van der Waals surface area contributed by atoms with Gasteiger partial charge in [-0.25, -0.2) is 0 Å². The topological polar surface area (TPSA) is 32.3 Å². The molecular formula is C14H28N2O. The Morgan fingerprint density at radius 1 is 1.35 bits per heavy atom. The summed E-state index contributed by atoms with van der Waals surface area (Å²) in [7, 11) is 0. The van der Waals surface area contributed by atoms with Gasteiger partial charge < -0.3 is 10.2 Å². The summed E-state index contributed by atoms with van der Waals surface area (Å²) >= 11 is 0. The van der Waals surface area contributed by atoms with Gasteiger partial charge in [-0.1, -0.05) is 20.8 Å². The lowest BCUT2D eigenvalue weighted by atomic mass is 10.0. The SMILES string of the molecule is CCCNC1CCN(C(C)CCC(C)C)C1=O. The molecule has 1 N–H and O–H groups in total. The standard InChI is InChI=1S/C14H28N2O/c1-5-9-15-13-8-10-16(14(13)17)12(4)7-6-11(2)3/h11-13,15H,5-10H2,1-4H3. The van der Waals surface area contributed by atoms with Crippen LogP contribution < -0.4 is 5.32 Å². The van der Waals surface area contributed by atoms with Gasteiger partial charge in [-0.3, -0.25) is 4.79 Å². The van der Waals surface area contributed by atoms with Crippen LogP contribution in [-0.2, 0) is 4.79 Å². The lowest BCUT2D eigenvalue weighted by molar-refractivity contribution is -0.131. The van der Waals surface area contributed by atoms with Crippen LogP contribution in [0.1, 0.15) is 53.4 Å². The lowest BCUT2D eigenvalue weighted by Gasteiger charge is -2.25. The van der Waals surface area contributed by atoms with E-state index in [1.54, 1.807) is 0 Å². The molecule has 3 heteroatoms. The Balaban J connectivity index is 2.37. The van der Waals surface area contributed by atoms with Crippen molar-refractivity contribution in [1.29, 1.82) is 0 Å². The molecule has 0 saturated carbocycles. The predicted molar refractivity (Wildman–Crippen MR) is 71.9 cm³/mol. The van der Waals surface area contributed by atoms with Gasteiger partial charge in [0.05, 0.1) is 6.04 Å². The maximum absolute atomic E-state index is 12.2. The molecule has 1 amide bonds. The molecule has 1 rings (SSSR count). The Kier molecular flexibility index (Phi) is 5.96. The van der Waals surface area contributed by atoms with Crippen LogP contribution in [0.2, 0.25) is 0 Å². The molecule has 1 saturated heterocycles. The Bertz CT molecular complexity index is 240. The first-order chi connectivity index (χ1) is 8.06. The number of nitrogens with one attached hydrogen (secondary N) is 1. The lowest BCUT2D eigenvalue weighted by Crippen LogP contribution is -2.42. The monoisotopic (exact) mass is 240 g/mol. The maximum Gasteiger partial charge on any atom is 0.240 e. The Morgan fingerprint density at radius 3 is 2.65 bits per heavy atom. The van der Waals surface area contributed by atoms with Crippen molar-refractivity contribution in [2.45, 2.75) is 65.5 Å². The van der Waals surface area contributed by atoms with E-state index in [1.165, 1.54) is 6.42 Å². The summed E-state index contributed by atoms with van der Waals surface area (Å²) in [5.41, 5.74) is 0. The molecule has 0 aromatic rings. The minimum Gasteiger partial charge on any atom is -0.339 e. The summed E-state index contributed by atoms with van der Waals surface area (Å²) in [5, 5.41) is 3.34. The highest BCUT2D eigenvalue weighted by Crippen LogP contribution is 2.19. The van der Waals surface area contributed by atoms with E-state index in [2.05, 4.69) is 37.9 Å². The second-order valence-corrected chi connectivity index (χ2v) is 5.65. The third-order valence-electron chi connectivity index (χ3n) is 3.57. The van der Waals surface area contributed by atoms with Crippen molar-refractivity contribution >= 4 is 5.91 Å². The molecule has 1 aliphatic heterocycles. The number of hydrogen-bond donors (Lipinski definition) is 1. The highest BCUT2D eigenvalue weighted by molar-refractivity contribution is 5.84. The highest BCUT2D eigenvalue weighted by atomic mass is 16.2. The Hall–Kier alpha value is -0.570. The van der Waals surface area contributed by atoms with E-state index in [4.69, 9.17) is 0 Å². The van der Waals surface area contributed by atoms with E-state index in [0.717, 1.165) is 38.3 Å². The van der Waals surface area contributed by atoms with Crippen LogP contribution in [0.3, 0.4) is 0 Å². The molecule has 0 bridgehead atoms. The van der Waals surface area contributed by atoms with Crippen molar-refractivity contribution in [3.05, 3.63) is 0 Å². The van der Waals surface area contributed by atoms with Crippen LogP contribution in [0, 0.1) is 5.92 Å². The zero-order valence-electron chi connectivity index (χ0n) is 11.8. The Morgan fingerprint density at radius 2 is 2.06 bits per heavy atom. The predicted octanol–water partition coefficient (Wildman–Crippen LogP) is 2.41. The fourth-order valence-electron chi connectivity index (χ4n) is 2.38. The third kappa shape index (κ3) is 4.30. The van der Waals surface area contributed by atoms with E-state index in [0.29, 0.717) is 11.9 Å². The highest BCUT2D eigenvalue weighted by Gasteiger charge is 2.33. The van der Waals surface area contributed by atoms with Crippen molar-refractivity contribution in [2.24, 2.45) is 5.92 Å². The number of nitrogens with zero attached hydrogens (tertiary/aromatic N) is 1. The summed E-state index contributed by atoms with van der Waals surface area (Å²) in [6, 6.07) is 0.481. The van der Waals surface area contributed by atoms with Gasteiger partial charge in [-0.15, -0.1) is 0 Å². The summed E-state index contributed by atoms with van der Waals surface area (Å²) in [5.74, 6) is 1.04. The number of likely N-dealkylation sites (tertiary alicyclic amines) is 1. The normalized spacial score (nSPS) is 22.5. The van der Waals surface area contributed by atoms with Gasteiger partial charge in [0.1, 0.15) is 0 Å². The number of hydrogen-bond acceptors (Lipinski definition) is 2. The summed E-state index contributed by atoms with van der Waals surface area (Å²) in [6.07, 6.45) is 4.40. The number of carbonyl (C=O) groups excluding carboxylic acids is 1. The molecule has 100 valence electrons. The van der Waals surface area contributed by atoms with Gasteiger partial charge in [-0.05, 0) is 45.1 Å². The van der Waals surface area contributed by atoms with Crippen LogP contribution in [0.5, 0.6) is 0 Å². The average molecular weight is 240 g/mol. The van der Waals surface area contributed by atoms with Crippen molar-refractivity contribution < 1.29 is 4.79 Å². The van der Waals surface area contributed by atoms with Crippen molar-refractivity contribution in [3.8, 4) is 0 Å². The van der Waals surface area contributed by atoms with Crippen molar-refractivity contribution in [1.82, 2.24) is 10.2 Å². The first kappa shape index (κ1) is 14.5. The van der Waals surface area contributed by atoms with Gasteiger partial charge in [0.15, 0.2) is 0 Å². The quantitative estimate of drug-likeness (QED) is 0.741. The second kappa shape index (κ2) is 7.00. The molecule has 3 nitrogen and oxygen atoms in total. The molecule has 2 unspecified atom stereocenters. The summed E-state index contributed by atoms with van der Waals surface area (Å²) in [4.78, 5) is 14.2. The fraction of sp³-hybridized carbons (Fsp3) is 0.929. The van der Waals surface area contributed by atoms with E-state index in [1.807, 2.05) is 0 Å². The smallest absolute Gasteiger partial charge is 0.240 e. The van der Waals surface area contributed by atoms with E-state index >= 15 is 0 Å². The van der Waals surface area contributed by atoms with E-state index in [9.17, 15) is 4.79 Å². The van der Waals surface area contributed by atoms with Crippen LogP contribution >= 0.6 is 0 Å². The first-order valence-electron chi connectivity index (χ1n) is 7.10. The molecular weight excluding hydrogens is 212 g/mol. The van der Waals surface area contributed by atoms with Gasteiger partial charge in [0.25, 0.3) is 0 Å². The van der Waals surface area contributed by atoms with Crippen LogP contribution in [0.25, 0.3) is 0 Å². The molecule has 1 heterocycles. The molecule has 17 heavy (non-hydrogen) atoms. The van der Waals surface area contributed by atoms with Gasteiger partial charge in [0, 0.05) is 12.6 Å². The Labute approximate surface area is 106 Å². The molecule has 0 spiro atoms. The van der Waals surface area contributed by atoms with Crippen LogP contribution in [0.15, 0.2) is 0 Å². The molecule has 1 aliphatic rings. The molecule has 0 aliphatic carbocycles. The fourth-order valence-corrected chi connectivity index (χ4v) is 2.38. The molecule has 0 aromatic heterocycles. The number of amides is 1. The molecule has 1 fully saturated rings. The molecule has 0 aromatic carbocycles. The minimum atomic E-state index is 0.0800. The molecule has 2 atom stereocenters. The first-order valence-corrected chi connectivity index (χ1v) is 7.10. The zero-order valence-corrected chi connectivity index (χ0v) is 11.8. The number of carbonyl (C=O) groups is 1. The molecule has 0 radical (unpaired) electrons. The maximum atomic E-state index is 12.2. The van der Waals surface area contributed by atoms with Crippen molar-refractivity contribution in [2.75, 3.05) is 13.1 Å². The van der Waals surface area contributed by atoms with Gasteiger partial charge in [0.2, 0.25) is 5.91 Å². The zero-order chi connectivity index (χ0) is 12.8. The minimum absolute atomic E-state index is 0.0800. The van der Waals surface area contributed by atoms with E-state index < -0.39 is 0 Å². The third-order valence-corrected chi connectivity index (χ3v) is 3.57. The van der Waals surface area contributed by atoms with Gasteiger partial charge in [-0.2, -0.15) is 0 Å². The summed E-state index contributed by atoms with van der Waals surface area (Å²) < 4.78 is 0. The van der Waals surface area contributed by atoms with Crippen LogP contribution in [-0.4, -0.2) is 36.0 Å². The number of rotatable bonds is 7. The largest absolute Gasteiger partial charge is 0.339 e. The second-order valence-electron chi connectivity index (χ2n) is 5.65. The van der Waals surface area contributed by atoms with Gasteiger partial charge >= 0.3 is 0 Å². The van der Waals surface area contributed by atoms with Crippen molar-refractivity contribution in [3.63, 3.8) is 0 Å². The van der Waals surface area contributed by atoms with E-state index in [-0.39, 0.29) is 6.04 Å². The van der Waals surface area contributed by atoms with Crippen LogP contribution in [0.4, 0.5) is 0 Å².